The molecule has 5 heteroatoms. The summed E-state index contributed by atoms with van der Waals surface area (Å²) in [6.07, 6.45) is 0. The summed E-state index contributed by atoms with van der Waals surface area (Å²) in [5.74, 6) is 0.719. The average molecular weight is 322 g/mol. The Labute approximate surface area is 133 Å². The van der Waals surface area contributed by atoms with E-state index in [0.717, 1.165) is 16.3 Å². The van der Waals surface area contributed by atoms with Crippen molar-refractivity contribution in [2.24, 2.45) is 0 Å². The molecular weight excluding hydrogens is 306 g/mol. The van der Waals surface area contributed by atoms with Crippen molar-refractivity contribution in [3.63, 3.8) is 0 Å². The molecule has 1 atom stereocenters. The van der Waals surface area contributed by atoms with E-state index in [1.54, 1.807) is 7.11 Å². The molecule has 1 amide bonds. The van der Waals surface area contributed by atoms with E-state index in [4.69, 9.17) is 16.3 Å². The molecule has 3 nitrogen and oxygen atoms in total. The maximum Gasteiger partial charge on any atom is 0.237 e. The number of hydrogen-bond donors (Lipinski definition) is 1. The number of benzene rings is 2. The number of halogens is 1. The Balaban J connectivity index is 1.93. The fourth-order valence-electron chi connectivity index (χ4n) is 1.69. The topological polar surface area (TPSA) is 38.3 Å². The van der Waals surface area contributed by atoms with E-state index >= 15 is 0 Å². The molecule has 21 heavy (non-hydrogen) atoms. The Morgan fingerprint density at radius 1 is 1.14 bits per heavy atom. The van der Waals surface area contributed by atoms with E-state index in [2.05, 4.69) is 5.32 Å². The first kappa shape index (κ1) is 15.7. The predicted octanol–water partition coefficient (Wildman–Crippen LogP) is 4.47. The minimum Gasteiger partial charge on any atom is -0.497 e. The van der Waals surface area contributed by atoms with Gasteiger partial charge in [-0.25, -0.2) is 0 Å². The van der Waals surface area contributed by atoms with Gasteiger partial charge in [0.2, 0.25) is 5.91 Å². The van der Waals surface area contributed by atoms with Crippen molar-refractivity contribution in [2.45, 2.75) is 17.1 Å². The van der Waals surface area contributed by atoms with Crippen molar-refractivity contribution in [1.29, 1.82) is 0 Å². The van der Waals surface area contributed by atoms with Crippen LogP contribution in [0, 0.1) is 0 Å². The smallest absolute Gasteiger partial charge is 0.237 e. The molecule has 0 aromatic heterocycles. The molecule has 0 radical (unpaired) electrons. The lowest BCUT2D eigenvalue weighted by Crippen LogP contribution is -2.22. The van der Waals surface area contributed by atoms with Gasteiger partial charge in [0.15, 0.2) is 0 Å². The van der Waals surface area contributed by atoms with Crippen LogP contribution in [0.15, 0.2) is 53.4 Å². The Hall–Kier alpha value is -1.65. The monoisotopic (exact) mass is 321 g/mol. The standard InChI is InChI=1S/C16H16ClNO2S/c1-11(21-15-9-3-12(17)4-10-15)16(19)18-13-5-7-14(20-2)8-6-13/h3-11H,1-2H3,(H,18,19)/t11-/m1/s1. The van der Waals surface area contributed by atoms with E-state index in [-0.39, 0.29) is 11.2 Å². The zero-order valence-corrected chi connectivity index (χ0v) is 13.4. The molecule has 0 saturated carbocycles. The molecule has 0 unspecified atom stereocenters. The van der Waals surface area contributed by atoms with Crippen molar-refractivity contribution in [1.82, 2.24) is 0 Å². The predicted molar refractivity (Wildman–Crippen MR) is 88.4 cm³/mol. The van der Waals surface area contributed by atoms with Gasteiger partial charge in [-0.1, -0.05) is 11.6 Å². The minimum atomic E-state index is -0.201. The van der Waals surface area contributed by atoms with Crippen molar-refractivity contribution in [3.05, 3.63) is 53.6 Å². The number of carbonyl (C=O) groups is 1. The lowest BCUT2D eigenvalue weighted by molar-refractivity contribution is -0.115. The number of carbonyl (C=O) groups excluding carboxylic acids is 1. The molecule has 2 rings (SSSR count). The maximum absolute atomic E-state index is 12.1. The third-order valence-electron chi connectivity index (χ3n) is 2.85. The molecule has 0 heterocycles. The zero-order chi connectivity index (χ0) is 15.2. The summed E-state index contributed by atoms with van der Waals surface area (Å²) in [6, 6.07) is 14.7. The van der Waals surface area contributed by atoms with Crippen molar-refractivity contribution >= 4 is 35.0 Å². The third-order valence-corrected chi connectivity index (χ3v) is 4.22. The van der Waals surface area contributed by atoms with Gasteiger partial charge in [0.05, 0.1) is 12.4 Å². The van der Waals surface area contributed by atoms with Crippen LogP contribution in [0.25, 0.3) is 0 Å². The van der Waals surface area contributed by atoms with E-state index in [1.165, 1.54) is 11.8 Å². The highest BCUT2D eigenvalue weighted by molar-refractivity contribution is 8.00. The van der Waals surface area contributed by atoms with Gasteiger partial charge in [0.1, 0.15) is 5.75 Å². The van der Waals surface area contributed by atoms with Gasteiger partial charge in [-0.2, -0.15) is 0 Å². The maximum atomic E-state index is 12.1. The number of methoxy groups -OCH3 is 1. The number of amides is 1. The van der Waals surface area contributed by atoms with Crippen LogP contribution >= 0.6 is 23.4 Å². The number of hydrogen-bond acceptors (Lipinski definition) is 3. The summed E-state index contributed by atoms with van der Waals surface area (Å²) < 4.78 is 5.08. The molecule has 2 aromatic rings. The molecule has 0 spiro atoms. The van der Waals surface area contributed by atoms with Crippen LogP contribution < -0.4 is 10.1 Å². The lowest BCUT2D eigenvalue weighted by Gasteiger charge is -2.12. The van der Waals surface area contributed by atoms with Crippen LogP contribution in [0.5, 0.6) is 5.75 Å². The average Bonchev–Trinajstić information content (AvgIpc) is 2.50. The first-order valence-corrected chi connectivity index (χ1v) is 7.71. The van der Waals surface area contributed by atoms with Crippen LogP contribution in [0.4, 0.5) is 5.69 Å². The molecule has 0 saturated heterocycles. The van der Waals surface area contributed by atoms with Gasteiger partial charge in [-0.3, -0.25) is 4.79 Å². The van der Waals surface area contributed by atoms with Crippen LogP contribution in [-0.2, 0) is 4.79 Å². The number of ether oxygens (including phenoxy) is 1. The Bertz CT molecular complexity index is 599. The second-order valence-corrected chi connectivity index (χ2v) is 6.28. The highest BCUT2D eigenvalue weighted by Gasteiger charge is 2.14. The largest absolute Gasteiger partial charge is 0.497 e. The van der Waals surface area contributed by atoms with Gasteiger partial charge in [0.25, 0.3) is 0 Å². The molecular formula is C16H16ClNO2S. The zero-order valence-electron chi connectivity index (χ0n) is 11.8. The highest BCUT2D eigenvalue weighted by atomic mass is 35.5. The summed E-state index contributed by atoms with van der Waals surface area (Å²) >= 11 is 7.34. The summed E-state index contributed by atoms with van der Waals surface area (Å²) in [6.45, 7) is 1.87. The van der Waals surface area contributed by atoms with Crippen LogP contribution in [0.3, 0.4) is 0 Å². The molecule has 1 N–H and O–H groups in total. The molecule has 0 fully saturated rings. The first-order chi connectivity index (χ1) is 10.1. The second-order valence-electron chi connectivity index (χ2n) is 4.43. The Kier molecular flexibility index (Phi) is 5.53. The molecule has 0 aliphatic rings. The van der Waals surface area contributed by atoms with E-state index in [0.29, 0.717) is 5.02 Å². The number of rotatable bonds is 5. The summed E-state index contributed by atoms with van der Waals surface area (Å²) in [4.78, 5) is 13.2. The summed E-state index contributed by atoms with van der Waals surface area (Å²) in [5.41, 5.74) is 0.754. The van der Waals surface area contributed by atoms with E-state index < -0.39 is 0 Å². The number of nitrogens with one attached hydrogen (secondary N) is 1. The molecule has 2 aromatic carbocycles. The normalized spacial score (nSPS) is 11.8. The van der Waals surface area contributed by atoms with Crippen molar-refractivity contribution in [2.75, 3.05) is 12.4 Å². The third kappa shape index (κ3) is 4.69. The molecule has 0 aliphatic heterocycles. The SMILES string of the molecule is COc1ccc(NC(=O)[C@@H](C)Sc2ccc(Cl)cc2)cc1. The van der Waals surface area contributed by atoms with Gasteiger partial charge < -0.3 is 10.1 Å². The Morgan fingerprint density at radius 3 is 2.33 bits per heavy atom. The lowest BCUT2D eigenvalue weighted by atomic mass is 10.3. The van der Waals surface area contributed by atoms with Gasteiger partial charge in [0, 0.05) is 15.6 Å². The first-order valence-electron chi connectivity index (χ1n) is 6.45. The van der Waals surface area contributed by atoms with Gasteiger partial charge in [-0.05, 0) is 55.5 Å². The molecule has 0 aliphatic carbocycles. The summed E-state index contributed by atoms with van der Waals surface area (Å²) in [7, 11) is 1.61. The van der Waals surface area contributed by atoms with Gasteiger partial charge >= 0.3 is 0 Å². The van der Waals surface area contributed by atoms with E-state index in [1.807, 2.05) is 55.5 Å². The van der Waals surface area contributed by atoms with E-state index in [9.17, 15) is 4.79 Å². The van der Waals surface area contributed by atoms with Gasteiger partial charge in [-0.15, -0.1) is 11.8 Å². The highest BCUT2D eigenvalue weighted by Crippen LogP contribution is 2.25. The van der Waals surface area contributed by atoms with Crippen molar-refractivity contribution < 1.29 is 9.53 Å². The van der Waals surface area contributed by atoms with Crippen LogP contribution in [0.2, 0.25) is 5.02 Å². The minimum absolute atomic E-state index is 0.0416. The van der Waals surface area contributed by atoms with Crippen LogP contribution in [0.1, 0.15) is 6.92 Å². The Morgan fingerprint density at radius 2 is 1.76 bits per heavy atom. The molecule has 0 bridgehead atoms. The fourth-order valence-corrected chi connectivity index (χ4v) is 2.68. The van der Waals surface area contributed by atoms with Crippen LogP contribution in [-0.4, -0.2) is 18.3 Å². The number of anilines is 1. The number of thioether (sulfide) groups is 1. The quantitative estimate of drug-likeness (QED) is 0.826. The summed E-state index contributed by atoms with van der Waals surface area (Å²) in [5, 5.41) is 3.37. The van der Waals surface area contributed by atoms with Crippen molar-refractivity contribution in [3.8, 4) is 5.75 Å². The molecule has 110 valence electrons. The fraction of sp³-hybridized carbons (Fsp3) is 0.188. The second kappa shape index (κ2) is 7.38.